The Kier molecular flexibility index (Phi) is 4.62. The number of carbonyl (C=O) groups excluding carboxylic acids is 1. The quantitative estimate of drug-likeness (QED) is 0.780. The van der Waals surface area contributed by atoms with E-state index in [-0.39, 0.29) is 5.54 Å². The van der Waals surface area contributed by atoms with E-state index in [0.29, 0.717) is 24.9 Å². The molecule has 0 radical (unpaired) electrons. The third-order valence-corrected chi connectivity index (χ3v) is 5.58. The summed E-state index contributed by atoms with van der Waals surface area (Å²) in [5.74, 6) is 2.28. The van der Waals surface area contributed by atoms with Crippen molar-refractivity contribution in [3.8, 4) is 0 Å². The van der Waals surface area contributed by atoms with E-state index in [1.54, 1.807) is 0 Å². The Morgan fingerprint density at radius 1 is 1.43 bits per heavy atom. The summed E-state index contributed by atoms with van der Waals surface area (Å²) in [5.41, 5.74) is -0.0140. The molecule has 0 unspecified atom stereocenters. The summed E-state index contributed by atoms with van der Waals surface area (Å²) in [6.07, 6.45) is 6.83. The van der Waals surface area contributed by atoms with Gasteiger partial charge in [0, 0.05) is 19.0 Å². The standard InChI is InChI=1S/C19H28N2O2/c1-4-12-21-18(22)9-11-19(21)10-6-13-20(17(19)5-2)14-16-8-7-15(3)23-16/h4,7-8,17H,1,5-6,9-14H2,2-3H3/t17-,19-/m1/s1. The summed E-state index contributed by atoms with van der Waals surface area (Å²) in [4.78, 5) is 17.0. The number of hydrogen-bond acceptors (Lipinski definition) is 3. The predicted molar refractivity (Wildman–Crippen MR) is 91.0 cm³/mol. The molecule has 0 saturated carbocycles. The number of aryl methyl sites for hydroxylation is 1. The average molecular weight is 316 g/mol. The number of furan rings is 1. The summed E-state index contributed by atoms with van der Waals surface area (Å²) >= 11 is 0. The first-order valence-corrected chi connectivity index (χ1v) is 8.81. The highest BCUT2D eigenvalue weighted by molar-refractivity contribution is 5.80. The fraction of sp³-hybridized carbons (Fsp3) is 0.632. The van der Waals surface area contributed by atoms with E-state index in [2.05, 4.69) is 29.4 Å². The maximum Gasteiger partial charge on any atom is 0.223 e. The van der Waals surface area contributed by atoms with Crippen molar-refractivity contribution in [3.05, 3.63) is 36.3 Å². The third kappa shape index (κ3) is 2.85. The van der Waals surface area contributed by atoms with Crippen LogP contribution in [0.3, 0.4) is 0 Å². The third-order valence-electron chi connectivity index (χ3n) is 5.58. The molecular weight excluding hydrogens is 288 g/mol. The van der Waals surface area contributed by atoms with Crippen molar-refractivity contribution in [2.45, 2.75) is 64.1 Å². The minimum absolute atomic E-state index is 0.0140. The maximum atomic E-state index is 12.4. The molecule has 0 aromatic carbocycles. The zero-order chi connectivity index (χ0) is 16.4. The van der Waals surface area contributed by atoms with Gasteiger partial charge in [-0.05, 0) is 51.3 Å². The monoisotopic (exact) mass is 316 g/mol. The molecule has 2 atom stereocenters. The number of hydrogen-bond donors (Lipinski definition) is 0. The lowest BCUT2D eigenvalue weighted by atomic mass is 9.77. The largest absolute Gasteiger partial charge is 0.465 e. The van der Waals surface area contributed by atoms with Crippen LogP contribution in [-0.4, -0.2) is 40.4 Å². The second-order valence-electron chi connectivity index (χ2n) is 6.91. The average Bonchev–Trinajstić information content (AvgIpc) is 3.07. The second-order valence-corrected chi connectivity index (χ2v) is 6.91. The fourth-order valence-corrected chi connectivity index (χ4v) is 4.71. The highest BCUT2D eigenvalue weighted by atomic mass is 16.3. The topological polar surface area (TPSA) is 36.7 Å². The van der Waals surface area contributed by atoms with Crippen molar-refractivity contribution in [1.29, 1.82) is 0 Å². The van der Waals surface area contributed by atoms with Gasteiger partial charge in [0.25, 0.3) is 0 Å². The molecule has 3 rings (SSSR count). The highest BCUT2D eigenvalue weighted by Crippen LogP contribution is 2.43. The van der Waals surface area contributed by atoms with Gasteiger partial charge in [0.15, 0.2) is 0 Å². The van der Waals surface area contributed by atoms with Gasteiger partial charge in [-0.3, -0.25) is 9.69 Å². The molecule has 2 fully saturated rings. The molecule has 4 heteroatoms. The van der Waals surface area contributed by atoms with Gasteiger partial charge in [0.1, 0.15) is 11.5 Å². The molecule has 2 aliphatic heterocycles. The Hall–Kier alpha value is -1.55. The van der Waals surface area contributed by atoms with Crippen LogP contribution >= 0.6 is 0 Å². The zero-order valence-corrected chi connectivity index (χ0v) is 14.4. The Morgan fingerprint density at radius 3 is 2.91 bits per heavy atom. The van der Waals surface area contributed by atoms with Gasteiger partial charge in [-0.1, -0.05) is 13.0 Å². The zero-order valence-electron chi connectivity index (χ0n) is 14.4. The molecule has 1 amide bonds. The van der Waals surface area contributed by atoms with Crippen molar-refractivity contribution < 1.29 is 9.21 Å². The summed E-state index contributed by atoms with van der Waals surface area (Å²) in [6.45, 7) is 10.7. The molecular formula is C19H28N2O2. The summed E-state index contributed by atoms with van der Waals surface area (Å²) in [6, 6.07) is 4.50. The van der Waals surface area contributed by atoms with E-state index < -0.39 is 0 Å². The molecule has 0 N–H and O–H groups in total. The highest BCUT2D eigenvalue weighted by Gasteiger charge is 2.52. The molecule has 3 heterocycles. The van der Waals surface area contributed by atoms with E-state index in [1.165, 1.54) is 0 Å². The number of amides is 1. The van der Waals surface area contributed by atoms with Crippen LogP contribution < -0.4 is 0 Å². The van der Waals surface area contributed by atoms with Crippen molar-refractivity contribution >= 4 is 5.91 Å². The van der Waals surface area contributed by atoms with E-state index in [0.717, 1.165) is 50.3 Å². The van der Waals surface area contributed by atoms with Crippen LogP contribution in [0.1, 0.15) is 50.5 Å². The molecule has 23 heavy (non-hydrogen) atoms. The molecule has 2 saturated heterocycles. The van der Waals surface area contributed by atoms with Crippen molar-refractivity contribution in [2.24, 2.45) is 0 Å². The van der Waals surface area contributed by atoms with Crippen molar-refractivity contribution in [1.82, 2.24) is 9.80 Å². The molecule has 126 valence electrons. The van der Waals surface area contributed by atoms with Gasteiger partial charge in [0.05, 0.1) is 12.1 Å². The molecule has 0 aliphatic carbocycles. The second kappa shape index (κ2) is 6.52. The lowest BCUT2D eigenvalue weighted by Gasteiger charge is -2.52. The maximum absolute atomic E-state index is 12.4. The number of rotatable bonds is 5. The van der Waals surface area contributed by atoms with Crippen LogP contribution in [0.4, 0.5) is 0 Å². The minimum atomic E-state index is -0.0140. The predicted octanol–water partition coefficient (Wildman–Crippen LogP) is 3.51. The van der Waals surface area contributed by atoms with E-state index in [1.807, 2.05) is 19.1 Å². The Morgan fingerprint density at radius 2 is 2.26 bits per heavy atom. The van der Waals surface area contributed by atoms with Gasteiger partial charge in [-0.25, -0.2) is 0 Å². The normalized spacial score (nSPS) is 28.7. The van der Waals surface area contributed by atoms with Gasteiger partial charge in [-0.15, -0.1) is 6.58 Å². The number of likely N-dealkylation sites (tertiary alicyclic amines) is 2. The summed E-state index contributed by atoms with van der Waals surface area (Å²) in [7, 11) is 0. The lowest BCUT2D eigenvalue weighted by Crippen LogP contribution is -2.62. The molecule has 1 aromatic heterocycles. The minimum Gasteiger partial charge on any atom is -0.465 e. The van der Waals surface area contributed by atoms with Gasteiger partial charge in [0.2, 0.25) is 5.91 Å². The Labute approximate surface area is 139 Å². The Balaban J connectivity index is 1.85. The van der Waals surface area contributed by atoms with Crippen LogP contribution in [0, 0.1) is 6.92 Å². The lowest BCUT2D eigenvalue weighted by molar-refractivity contribution is -0.134. The number of carbonyl (C=O) groups is 1. The van der Waals surface area contributed by atoms with Crippen LogP contribution in [0.2, 0.25) is 0 Å². The van der Waals surface area contributed by atoms with Crippen LogP contribution in [0.25, 0.3) is 0 Å². The number of nitrogens with zero attached hydrogens (tertiary/aromatic N) is 2. The van der Waals surface area contributed by atoms with Crippen LogP contribution in [0.5, 0.6) is 0 Å². The first-order valence-electron chi connectivity index (χ1n) is 8.81. The van der Waals surface area contributed by atoms with Gasteiger partial charge in [-0.2, -0.15) is 0 Å². The summed E-state index contributed by atoms with van der Waals surface area (Å²) < 4.78 is 5.79. The SMILES string of the molecule is C=CCN1C(=O)CC[C@@]12CCCN(Cc1ccc(C)o1)[C@@H]2CC. The molecule has 1 aromatic rings. The van der Waals surface area contributed by atoms with Crippen LogP contribution in [-0.2, 0) is 11.3 Å². The Bertz CT molecular complexity index is 580. The van der Waals surface area contributed by atoms with Crippen LogP contribution in [0.15, 0.2) is 29.2 Å². The first-order chi connectivity index (χ1) is 11.1. The van der Waals surface area contributed by atoms with Crippen molar-refractivity contribution in [3.63, 3.8) is 0 Å². The van der Waals surface area contributed by atoms with Gasteiger partial charge >= 0.3 is 0 Å². The van der Waals surface area contributed by atoms with Crippen molar-refractivity contribution in [2.75, 3.05) is 13.1 Å². The van der Waals surface area contributed by atoms with E-state index in [9.17, 15) is 4.79 Å². The molecule has 0 bridgehead atoms. The smallest absolute Gasteiger partial charge is 0.223 e. The van der Waals surface area contributed by atoms with E-state index in [4.69, 9.17) is 4.42 Å². The molecule has 1 spiro atoms. The van der Waals surface area contributed by atoms with E-state index >= 15 is 0 Å². The van der Waals surface area contributed by atoms with Gasteiger partial charge < -0.3 is 9.32 Å². The fourth-order valence-electron chi connectivity index (χ4n) is 4.71. The molecule has 4 nitrogen and oxygen atoms in total. The molecule has 2 aliphatic rings. The first kappa shape index (κ1) is 16.3. The summed E-state index contributed by atoms with van der Waals surface area (Å²) in [5, 5.41) is 0. The number of piperidine rings is 1.